The number of sulfonamides is 1. The van der Waals surface area contributed by atoms with Crippen molar-refractivity contribution < 1.29 is 13.2 Å². The number of nitrogens with one attached hydrogen (secondary N) is 1. The van der Waals surface area contributed by atoms with Crippen LogP contribution in [0.2, 0.25) is 0 Å². The van der Waals surface area contributed by atoms with Crippen LogP contribution in [0.25, 0.3) is 0 Å². The highest BCUT2D eigenvalue weighted by atomic mass is 32.2. The van der Waals surface area contributed by atoms with Crippen molar-refractivity contribution in [3.63, 3.8) is 0 Å². The molecule has 1 aliphatic heterocycles. The molecule has 156 valence electrons. The van der Waals surface area contributed by atoms with E-state index in [0.717, 1.165) is 24.9 Å². The van der Waals surface area contributed by atoms with Gasteiger partial charge >= 0.3 is 0 Å². The molecule has 0 radical (unpaired) electrons. The van der Waals surface area contributed by atoms with Gasteiger partial charge < -0.3 is 5.32 Å². The van der Waals surface area contributed by atoms with E-state index < -0.39 is 10.0 Å². The molecule has 2 aliphatic rings. The lowest BCUT2D eigenvalue weighted by atomic mass is 9.75. The molecule has 3 rings (SSSR count). The number of hydrogen-bond donors (Lipinski definition) is 1. The summed E-state index contributed by atoms with van der Waals surface area (Å²) in [4.78, 5) is 15.0. The number of piperidine rings is 1. The number of amides is 1. The second-order valence-corrected chi connectivity index (χ2v) is 9.93. The van der Waals surface area contributed by atoms with E-state index in [-0.39, 0.29) is 10.8 Å². The number of rotatable bonds is 7. The largest absolute Gasteiger partial charge is 0.325 e. The molecule has 1 aromatic rings. The summed E-state index contributed by atoms with van der Waals surface area (Å²) < 4.78 is 26.5. The van der Waals surface area contributed by atoms with Gasteiger partial charge in [0.2, 0.25) is 15.9 Å². The minimum atomic E-state index is -3.47. The van der Waals surface area contributed by atoms with Gasteiger partial charge in [0.25, 0.3) is 0 Å². The lowest BCUT2D eigenvalue weighted by Crippen LogP contribution is -2.44. The first-order chi connectivity index (χ1) is 13.4. The fraction of sp³-hybridized carbons (Fsp3) is 0.667. The monoisotopic (exact) mass is 407 g/mol. The van der Waals surface area contributed by atoms with E-state index in [1.165, 1.54) is 36.4 Å². The van der Waals surface area contributed by atoms with Crippen molar-refractivity contribution in [2.45, 2.75) is 50.8 Å². The van der Waals surface area contributed by atoms with Crippen molar-refractivity contribution in [1.82, 2.24) is 9.21 Å². The standard InChI is InChI=1S/C21H33N3O3S/c1-3-24(4-2)28(26,27)20-11-9-19(10-12-20)22-21(25)16-23-14-13-17-7-5-6-8-18(17)15-23/h9-12,17-18H,3-8,13-16H2,1-2H3,(H,22,25)/t17-,18+/m0/s1. The number of anilines is 1. The number of carbonyl (C=O) groups is 1. The predicted octanol–water partition coefficient (Wildman–Crippen LogP) is 3.17. The van der Waals surface area contributed by atoms with E-state index in [1.54, 1.807) is 24.3 Å². The maximum absolute atomic E-state index is 12.5. The van der Waals surface area contributed by atoms with Crippen LogP contribution in [0.4, 0.5) is 5.69 Å². The average molecular weight is 408 g/mol. The second-order valence-electron chi connectivity index (χ2n) is 7.99. The molecule has 1 aromatic carbocycles. The molecule has 28 heavy (non-hydrogen) atoms. The molecule has 0 unspecified atom stereocenters. The molecule has 1 amide bonds. The van der Waals surface area contributed by atoms with Crippen LogP contribution in [0.5, 0.6) is 0 Å². The summed E-state index contributed by atoms with van der Waals surface area (Å²) in [5, 5.41) is 2.91. The van der Waals surface area contributed by atoms with Crippen molar-refractivity contribution in [3.8, 4) is 0 Å². The van der Waals surface area contributed by atoms with Gasteiger partial charge in [-0.05, 0) is 55.5 Å². The molecular weight excluding hydrogens is 374 g/mol. The lowest BCUT2D eigenvalue weighted by molar-refractivity contribution is -0.118. The molecule has 1 saturated carbocycles. The summed E-state index contributed by atoms with van der Waals surface area (Å²) in [7, 11) is -3.47. The van der Waals surface area contributed by atoms with Gasteiger partial charge in [-0.1, -0.05) is 33.1 Å². The summed E-state index contributed by atoms with van der Waals surface area (Å²) >= 11 is 0. The molecule has 0 spiro atoms. The van der Waals surface area contributed by atoms with Crippen molar-refractivity contribution in [3.05, 3.63) is 24.3 Å². The smallest absolute Gasteiger partial charge is 0.243 e. The number of nitrogens with zero attached hydrogens (tertiary/aromatic N) is 2. The SMILES string of the molecule is CCN(CC)S(=O)(=O)c1ccc(NC(=O)CN2CC[C@@H]3CCCC[C@@H]3C2)cc1. The van der Waals surface area contributed by atoms with Gasteiger partial charge in [-0.15, -0.1) is 0 Å². The van der Waals surface area contributed by atoms with E-state index in [0.29, 0.717) is 25.3 Å². The van der Waals surface area contributed by atoms with Crippen molar-refractivity contribution >= 4 is 21.6 Å². The van der Waals surface area contributed by atoms with E-state index in [4.69, 9.17) is 0 Å². The third kappa shape index (κ3) is 4.93. The van der Waals surface area contributed by atoms with Gasteiger partial charge in [0.1, 0.15) is 0 Å². The molecule has 0 aromatic heterocycles. The van der Waals surface area contributed by atoms with E-state index >= 15 is 0 Å². The number of carbonyl (C=O) groups excluding carboxylic acids is 1. The fourth-order valence-corrected chi connectivity index (χ4v) is 6.10. The number of likely N-dealkylation sites (tertiary alicyclic amines) is 1. The highest BCUT2D eigenvalue weighted by Crippen LogP contribution is 2.35. The quantitative estimate of drug-likeness (QED) is 0.754. The zero-order chi connectivity index (χ0) is 20.1. The molecule has 1 heterocycles. The molecule has 7 heteroatoms. The van der Waals surface area contributed by atoms with Gasteiger partial charge in [0.15, 0.2) is 0 Å². The zero-order valence-electron chi connectivity index (χ0n) is 17.1. The molecule has 2 fully saturated rings. The maximum Gasteiger partial charge on any atom is 0.243 e. The summed E-state index contributed by atoms with van der Waals surface area (Å²) in [6.07, 6.45) is 6.54. The van der Waals surface area contributed by atoms with Crippen molar-refractivity contribution in [2.75, 3.05) is 38.0 Å². The second kappa shape index (κ2) is 9.37. The van der Waals surface area contributed by atoms with E-state index in [2.05, 4.69) is 10.2 Å². The van der Waals surface area contributed by atoms with Crippen LogP contribution in [0.1, 0.15) is 46.0 Å². The fourth-order valence-electron chi connectivity index (χ4n) is 4.65. The van der Waals surface area contributed by atoms with E-state index in [9.17, 15) is 13.2 Å². The predicted molar refractivity (Wildman–Crippen MR) is 112 cm³/mol. The highest BCUT2D eigenvalue weighted by Gasteiger charge is 2.31. The number of benzene rings is 1. The Morgan fingerprint density at radius 3 is 2.36 bits per heavy atom. The summed E-state index contributed by atoms with van der Waals surface area (Å²) in [5.41, 5.74) is 0.635. The molecule has 0 bridgehead atoms. The van der Waals surface area contributed by atoms with Crippen LogP contribution in [0, 0.1) is 11.8 Å². The van der Waals surface area contributed by atoms with Crippen LogP contribution in [0.15, 0.2) is 29.2 Å². The highest BCUT2D eigenvalue weighted by molar-refractivity contribution is 7.89. The molecule has 1 aliphatic carbocycles. The maximum atomic E-state index is 12.5. The molecule has 1 saturated heterocycles. The average Bonchev–Trinajstić information content (AvgIpc) is 2.69. The van der Waals surface area contributed by atoms with Crippen molar-refractivity contribution in [1.29, 1.82) is 0 Å². The van der Waals surface area contributed by atoms with Crippen LogP contribution in [-0.4, -0.2) is 56.3 Å². The van der Waals surface area contributed by atoms with Gasteiger partial charge in [-0.2, -0.15) is 4.31 Å². The normalized spacial score (nSPS) is 23.4. The summed E-state index contributed by atoms with van der Waals surface area (Å²) in [6, 6.07) is 6.47. The van der Waals surface area contributed by atoms with Crippen LogP contribution in [-0.2, 0) is 14.8 Å². The van der Waals surface area contributed by atoms with Crippen LogP contribution in [0.3, 0.4) is 0 Å². The van der Waals surface area contributed by atoms with Crippen LogP contribution < -0.4 is 5.32 Å². The van der Waals surface area contributed by atoms with Gasteiger partial charge in [-0.25, -0.2) is 8.42 Å². The van der Waals surface area contributed by atoms with Crippen molar-refractivity contribution in [2.24, 2.45) is 11.8 Å². The first kappa shape index (κ1) is 21.3. The first-order valence-electron chi connectivity index (χ1n) is 10.6. The van der Waals surface area contributed by atoms with Gasteiger partial charge in [-0.3, -0.25) is 9.69 Å². The molecule has 1 N–H and O–H groups in total. The van der Waals surface area contributed by atoms with Gasteiger partial charge in [0, 0.05) is 25.3 Å². The Morgan fingerprint density at radius 1 is 1.07 bits per heavy atom. The zero-order valence-corrected chi connectivity index (χ0v) is 17.9. The Hall–Kier alpha value is -1.44. The Bertz CT molecular complexity index is 760. The third-order valence-corrected chi connectivity index (χ3v) is 8.29. The summed E-state index contributed by atoms with van der Waals surface area (Å²) in [6.45, 7) is 6.96. The topological polar surface area (TPSA) is 69.7 Å². The Kier molecular flexibility index (Phi) is 7.12. The Labute approximate surface area is 169 Å². The van der Waals surface area contributed by atoms with Crippen LogP contribution >= 0.6 is 0 Å². The van der Waals surface area contributed by atoms with Gasteiger partial charge in [0.05, 0.1) is 11.4 Å². The molecule has 6 nitrogen and oxygen atoms in total. The first-order valence-corrected chi connectivity index (χ1v) is 12.0. The minimum absolute atomic E-state index is 0.0337. The third-order valence-electron chi connectivity index (χ3n) is 6.22. The minimum Gasteiger partial charge on any atom is -0.325 e. The number of hydrogen-bond acceptors (Lipinski definition) is 4. The Balaban J connectivity index is 1.54. The summed E-state index contributed by atoms with van der Waals surface area (Å²) in [5.74, 6) is 1.57. The number of fused-ring (bicyclic) bond motifs is 1. The Morgan fingerprint density at radius 2 is 1.71 bits per heavy atom. The van der Waals surface area contributed by atoms with E-state index in [1.807, 2.05) is 13.8 Å². The lowest BCUT2D eigenvalue weighted by Gasteiger charge is -2.41. The molecular formula is C21H33N3O3S. The molecule has 2 atom stereocenters.